The van der Waals surface area contributed by atoms with Gasteiger partial charge in [-0.05, 0) is 12.8 Å². The second-order valence-corrected chi connectivity index (χ2v) is 7.73. The number of sulfonamides is 1. The summed E-state index contributed by atoms with van der Waals surface area (Å²) in [6.07, 6.45) is -7.38. The van der Waals surface area contributed by atoms with Crippen LogP contribution in [0.4, 0.5) is 48.3 Å². The molecule has 178 valence electrons. The number of alkyl halides is 11. The fourth-order valence-corrected chi connectivity index (χ4v) is 2.92. The van der Waals surface area contributed by atoms with E-state index in [0.717, 1.165) is 6.08 Å². The number of rotatable bonds is 11. The molecule has 17 heteroatoms. The average molecular weight is 489 g/mol. The molecule has 0 spiro atoms. The van der Waals surface area contributed by atoms with Crippen molar-refractivity contribution in [2.75, 3.05) is 20.2 Å². The predicted molar refractivity (Wildman–Crippen MR) is 77.8 cm³/mol. The SMILES string of the molecule is C=CC(=O)OCCCCN(C)S(=O)(=O)C(F)(F)C(F)(F)C(F)(F)C(F)(F)C(F)(F)F. The minimum absolute atomic E-state index is 0.176. The number of unbranched alkanes of at least 4 members (excludes halogenated alkanes) is 1. The summed E-state index contributed by atoms with van der Waals surface area (Å²) in [6, 6.07) is 0. The lowest BCUT2D eigenvalue weighted by atomic mass is 10.0. The number of hydrogen-bond donors (Lipinski definition) is 0. The van der Waals surface area contributed by atoms with Crippen LogP contribution in [0.3, 0.4) is 0 Å². The molecular formula is C13H14F11NO4S. The van der Waals surface area contributed by atoms with Crippen molar-refractivity contribution in [2.45, 2.75) is 42.0 Å². The number of ether oxygens (including phenoxy) is 1. The molecule has 0 aromatic carbocycles. The Morgan fingerprint density at radius 3 is 1.77 bits per heavy atom. The molecule has 0 saturated heterocycles. The van der Waals surface area contributed by atoms with Crippen molar-refractivity contribution in [3.63, 3.8) is 0 Å². The minimum atomic E-state index is -7.82. The summed E-state index contributed by atoms with van der Waals surface area (Å²) in [5.41, 5.74) is 0. The Balaban J connectivity index is 5.65. The highest BCUT2D eigenvalue weighted by molar-refractivity contribution is 7.90. The van der Waals surface area contributed by atoms with Crippen LogP contribution in [0.15, 0.2) is 12.7 Å². The van der Waals surface area contributed by atoms with Gasteiger partial charge in [-0.1, -0.05) is 6.58 Å². The van der Waals surface area contributed by atoms with Crippen LogP contribution in [0.1, 0.15) is 12.8 Å². The molecule has 0 rings (SSSR count). The zero-order valence-corrected chi connectivity index (χ0v) is 15.6. The highest BCUT2D eigenvalue weighted by Crippen LogP contribution is 2.58. The second-order valence-electron chi connectivity index (χ2n) is 5.64. The van der Waals surface area contributed by atoms with Gasteiger partial charge in [-0.25, -0.2) is 13.2 Å². The quantitative estimate of drug-likeness (QED) is 0.192. The molecule has 0 radical (unpaired) electrons. The van der Waals surface area contributed by atoms with Crippen LogP contribution in [0.5, 0.6) is 0 Å². The molecule has 0 aromatic rings. The molecule has 0 N–H and O–H groups in total. The van der Waals surface area contributed by atoms with Gasteiger partial charge in [0.2, 0.25) is 0 Å². The summed E-state index contributed by atoms with van der Waals surface area (Å²) in [7, 11) is -6.67. The molecule has 30 heavy (non-hydrogen) atoms. The molecular weight excluding hydrogens is 475 g/mol. The first-order chi connectivity index (χ1) is 13.1. The minimum Gasteiger partial charge on any atom is -0.463 e. The summed E-state index contributed by atoms with van der Waals surface area (Å²) >= 11 is 0. The lowest BCUT2D eigenvalue weighted by Gasteiger charge is -2.37. The molecule has 0 aliphatic carbocycles. The van der Waals surface area contributed by atoms with E-state index >= 15 is 0 Å². The van der Waals surface area contributed by atoms with E-state index in [9.17, 15) is 61.5 Å². The Kier molecular flexibility index (Phi) is 8.35. The monoisotopic (exact) mass is 489 g/mol. The number of nitrogens with zero attached hydrogens (tertiary/aromatic N) is 1. The van der Waals surface area contributed by atoms with Crippen molar-refractivity contribution in [3.05, 3.63) is 12.7 Å². The van der Waals surface area contributed by atoms with Crippen molar-refractivity contribution in [2.24, 2.45) is 0 Å². The molecule has 0 heterocycles. The zero-order valence-electron chi connectivity index (χ0n) is 14.8. The summed E-state index contributed by atoms with van der Waals surface area (Å²) in [6.45, 7) is 1.52. The van der Waals surface area contributed by atoms with Crippen LogP contribution in [0.25, 0.3) is 0 Å². The Morgan fingerprint density at radius 2 is 1.37 bits per heavy atom. The van der Waals surface area contributed by atoms with E-state index in [0.29, 0.717) is 0 Å². The molecule has 0 aromatic heterocycles. The number of halogens is 11. The third-order valence-corrected chi connectivity index (χ3v) is 5.43. The van der Waals surface area contributed by atoms with Crippen molar-refractivity contribution in [3.8, 4) is 0 Å². The van der Waals surface area contributed by atoms with Crippen LogP contribution in [-0.4, -0.2) is 68.1 Å². The molecule has 0 unspecified atom stereocenters. The molecule has 0 aliphatic rings. The number of carbonyl (C=O) groups is 1. The summed E-state index contributed by atoms with van der Waals surface area (Å²) in [5.74, 6) is -24.1. The smallest absolute Gasteiger partial charge is 0.460 e. The van der Waals surface area contributed by atoms with Crippen LogP contribution in [-0.2, 0) is 19.6 Å². The van der Waals surface area contributed by atoms with Crippen LogP contribution < -0.4 is 0 Å². The van der Waals surface area contributed by atoms with E-state index in [2.05, 4.69) is 11.3 Å². The van der Waals surface area contributed by atoms with Gasteiger partial charge < -0.3 is 4.74 Å². The first-order valence-electron chi connectivity index (χ1n) is 7.46. The van der Waals surface area contributed by atoms with Gasteiger partial charge in [0.25, 0.3) is 10.0 Å². The number of hydrogen-bond acceptors (Lipinski definition) is 4. The van der Waals surface area contributed by atoms with E-state index in [1.807, 2.05) is 0 Å². The summed E-state index contributed by atoms with van der Waals surface area (Å²) in [4.78, 5) is 10.7. The van der Waals surface area contributed by atoms with E-state index in [4.69, 9.17) is 0 Å². The topological polar surface area (TPSA) is 63.7 Å². The van der Waals surface area contributed by atoms with Gasteiger partial charge in [0.05, 0.1) is 6.61 Å². The molecule has 0 fully saturated rings. The Bertz CT molecular complexity index is 734. The second kappa shape index (κ2) is 8.84. The normalized spacial score (nSPS) is 14.7. The first kappa shape index (κ1) is 28.3. The highest BCUT2D eigenvalue weighted by Gasteiger charge is 2.89. The van der Waals surface area contributed by atoms with Gasteiger partial charge in [-0.2, -0.15) is 52.6 Å². The van der Waals surface area contributed by atoms with Crippen molar-refractivity contribution in [1.29, 1.82) is 0 Å². The number of esters is 1. The van der Waals surface area contributed by atoms with Gasteiger partial charge in [0, 0.05) is 19.7 Å². The third-order valence-electron chi connectivity index (χ3n) is 3.52. The van der Waals surface area contributed by atoms with Crippen LogP contribution in [0, 0.1) is 0 Å². The average Bonchev–Trinajstić information content (AvgIpc) is 2.59. The molecule has 0 saturated carbocycles. The Labute approximate surface area is 162 Å². The number of carbonyl (C=O) groups excluding carboxylic acids is 1. The molecule has 0 bridgehead atoms. The van der Waals surface area contributed by atoms with Gasteiger partial charge in [0.1, 0.15) is 0 Å². The van der Waals surface area contributed by atoms with Crippen molar-refractivity contribution < 1.29 is 66.2 Å². The lowest BCUT2D eigenvalue weighted by Crippen LogP contribution is -2.69. The van der Waals surface area contributed by atoms with Gasteiger partial charge >= 0.3 is 35.2 Å². The van der Waals surface area contributed by atoms with Gasteiger partial charge in [-0.3, -0.25) is 0 Å². The highest BCUT2D eigenvalue weighted by atomic mass is 32.2. The largest absolute Gasteiger partial charge is 0.463 e. The van der Waals surface area contributed by atoms with Crippen molar-refractivity contribution >= 4 is 16.0 Å². The van der Waals surface area contributed by atoms with Gasteiger partial charge in [-0.15, -0.1) is 0 Å². The van der Waals surface area contributed by atoms with E-state index in [-0.39, 0.29) is 13.5 Å². The summed E-state index contributed by atoms with van der Waals surface area (Å²) in [5, 5.41) is -7.05. The lowest BCUT2D eigenvalue weighted by molar-refractivity contribution is -0.413. The molecule has 5 nitrogen and oxygen atoms in total. The van der Waals surface area contributed by atoms with Crippen molar-refractivity contribution in [1.82, 2.24) is 4.31 Å². The maximum absolute atomic E-state index is 13.7. The first-order valence-corrected chi connectivity index (χ1v) is 8.90. The van der Waals surface area contributed by atoms with Gasteiger partial charge in [0.15, 0.2) is 0 Å². The maximum atomic E-state index is 13.7. The van der Waals surface area contributed by atoms with E-state index < -0.39 is 69.1 Å². The van der Waals surface area contributed by atoms with E-state index in [1.165, 1.54) is 0 Å². The van der Waals surface area contributed by atoms with Crippen LogP contribution >= 0.6 is 0 Å². The molecule has 0 amide bonds. The standard InChI is InChI=1S/C13H14F11NO4S/c1-3-8(26)29-7-5-4-6-25(2)30(27,28)13(23,24)11(18,19)9(14,15)10(16,17)12(20,21)22/h3H,1,4-7H2,2H3. The van der Waals surface area contributed by atoms with E-state index in [1.54, 1.807) is 0 Å². The fraction of sp³-hybridized carbons (Fsp3) is 0.769. The Morgan fingerprint density at radius 1 is 0.900 bits per heavy atom. The predicted octanol–water partition coefficient (Wildman–Crippen LogP) is 3.82. The third kappa shape index (κ3) is 4.81. The zero-order chi connectivity index (χ0) is 24.4. The summed E-state index contributed by atoms with van der Waals surface area (Å²) < 4.78 is 169. The molecule has 0 atom stereocenters. The Hall–Kier alpha value is -1.65. The van der Waals surface area contributed by atoms with Crippen LogP contribution in [0.2, 0.25) is 0 Å². The maximum Gasteiger partial charge on any atom is 0.460 e. The molecule has 0 aliphatic heterocycles. The fourth-order valence-electron chi connectivity index (χ4n) is 1.70.